The van der Waals surface area contributed by atoms with E-state index < -0.39 is 0 Å². The highest BCUT2D eigenvalue weighted by atomic mass is 16.2. The van der Waals surface area contributed by atoms with Crippen molar-refractivity contribution < 1.29 is 4.79 Å². The third kappa shape index (κ3) is 3.51. The Balaban J connectivity index is 1.15. The smallest absolute Gasteiger partial charge is 0.236 e. The second-order valence-corrected chi connectivity index (χ2v) is 8.73. The molecule has 1 aromatic heterocycles. The van der Waals surface area contributed by atoms with Gasteiger partial charge in [-0.2, -0.15) is 0 Å². The number of fused-ring (bicyclic) bond motifs is 2. The minimum Gasteiger partial charge on any atom is -0.368 e. The second-order valence-electron chi connectivity index (χ2n) is 8.73. The summed E-state index contributed by atoms with van der Waals surface area (Å²) in [6.45, 7) is 10.0. The van der Waals surface area contributed by atoms with E-state index in [1.54, 1.807) is 6.33 Å². The molecule has 30 heavy (non-hydrogen) atoms. The lowest BCUT2D eigenvalue weighted by atomic mass is 9.87. The molecule has 4 saturated heterocycles. The SMILES string of the molecule is Cc1ncnc(N2CC3CC(C2)N3CC(=O)N2CCN(c3ccccc3)CC2)c1C. The summed E-state index contributed by atoms with van der Waals surface area (Å²) < 4.78 is 0. The van der Waals surface area contributed by atoms with Gasteiger partial charge in [0.05, 0.1) is 6.54 Å². The first-order valence-corrected chi connectivity index (χ1v) is 11.0. The first-order chi connectivity index (χ1) is 14.6. The predicted octanol–water partition coefficient (Wildman–Crippen LogP) is 1.71. The zero-order valence-electron chi connectivity index (χ0n) is 17.9. The van der Waals surface area contributed by atoms with Crippen LogP contribution in [0.3, 0.4) is 0 Å². The van der Waals surface area contributed by atoms with Crippen LogP contribution in [0.2, 0.25) is 0 Å². The number of piperidine rings is 1. The molecule has 1 aromatic carbocycles. The summed E-state index contributed by atoms with van der Waals surface area (Å²) in [5.41, 5.74) is 3.45. The number of rotatable bonds is 4. The van der Waals surface area contributed by atoms with Crippen LogP contribution in [0.4, 0.5) is 11.5 Å². The van der Waals surface area contributed by atoms with E-state index in [9.17, 15) is 4.79 Å². The summed E-state index contributed by atoms with van der Waals surface area (Å²) in [4.78, 5) is 31.0. The molecule has 0 radical (unpaired) electrons. The Bertz CT molecular complexity index is 899. The van der Waals surface area contributed by atoms with Gasteiger partial charge in [0, 0.05) is 68.3 Å². The van der Waals surface area contributed by atoms with Crippen molar-refractivity contribution in [1.82, 2.24) is 19.8 Å². The lowest BCUT2D eigenvalue weighted by molar-refractivity contribution is -0.137. The molecular weight excluding hydrogens is 376 g/mol. The molecule has 4 fully saturated rings. The van der Waals surface area contributed by atoms with Crippen molar-refractivity contribution in [3.05, 3.63) is 47.9 Å². The van der Waals surface area contributed by atoms with E-state index in [0.29, 0.717) is 18.6 Å². The van der Waals surface area contributed by atoms with E-state index in [1.807, 2.05) is 17.9 Å². The number of carbonyl (C=O) groups is 1. The number of para-hydroxylation sites is 1. The summed E-state index contributed by atoms with van der Waals surface area (Å²) in [7, 11) is 0. The van der Waals surface area contributed by atoms with Crippen LogP contribution in [0, 0.1) is 13.8 Å². The Kier molecular flexibility index (Phi) is 5.06. The molecule has 1 amide bonds. The molecule has 2 atom stereocenters. The Morgan fingerprint density at radius 3 is 2.37 bits per heavy atom. The first kappa shape index (κ1) is 19.3. The fraction of sp³-hybridized carbons (Fsp3) is 0.522. The predicted molar refractivity (Wildman–Crippen MR) is 118 cm³/mol. The molecule has 6 rings (SSSR count). The highest BCUT2D eigenvalue weighted by Crippen LogP contribution is 2.35. The Hall–Kier alpha value is -2.67. The van der Waals surface area contributed by atoms with Gasteiger partial charge in [-0.05, 0) is 32.4 Å². The zero-order valence-corrected chi connectivity index (χ0v) is 17.9. The average molecular weight is 407 g/mol. The van der Waals surface area contributed by atoms with Crippen LogP contribution in [0.5, 0.6) is 0 Å². The molecular formula is C23H30N6O. The molecule has 0 saturated carbocycles. The van der Waals surface area contributed by atoms with Gasteiger partial charge in [0.25, 0.3) is 0 Å². The number of aryl methyl sites for hydroxylation is 1. The Morgan fingerprint density at radius 1 is 0.967 bits per heavy atom. The summed E-state index contributed by atoms with van der Waals surface area (Å²) in [5, 5.41) is 0. The number of anilines is 2. The Morgan fingerprint density at radius 2 is 1.67 bits per heavy atom. The maximum atomic E-state index is 13.0. The van der Waals surface area contributed by atoms with Gasteiger partial charge in [-0.3, -0.25) is 9.69 Å². The number of piperazine rings is 2. The van der Waals surface area contributed by atoms with Crippen molar-refractivity contribution in [2.24, 2.45) is 0 Å². The number of nitrogens with zero attached hydrogens (tertiary/aromatic N) is 6. The highest BCUT2D eigenvalue weighted by molar-refractivity contribution is 5.79. The van der Waals surface area contributed by atoms with Crippen molar-refractivity contribution in [3.8, 4) is 0 Å². The van der Waals surface area contributed by atoms with Crippen molar-refractivity contribution in [3.63, 3.8) is 0 Å². The zero-order chi connectivity index (χ0) is 20.7. The van der Waals surface area contributed by atoms with Gasteiger partial charge in [-0.25, -0.2) is 9.97 Å². The average Bonchev–Trinajstić information content (AvgIpc) is 2.80. The van der Waals surface area contributed by atoms with E-state index in [4.69, 9.17) is 0 Å². The van der Waals surface area contributed by atoms with Gasteiger partial charge in [0.1, 0.15) is 12.1 Å². The number of carbonyl (C=O) groups excluding carboxylic acids is 1. The summed E-state index contributed by atoms with van der Waals surface area (Å²) >= 11 is 0. The van der Waals surface area contributed by atoms with Crippen LogP contribution in [-0.4, -0.2) is 83.6 Å². The van der Waals surface area contributed by atoms with Crippen LogP contribution < -0.4 is 9.80 Å². The third-order valence-corrected chi connectivity index (χ3v) is 7.03. The number of benzene rings is 1. The lowest BCUT2D eigenvalue weighted by Gasteiger charge is -2.56. The lowest BCUT2D eigenvalue weighted by Crippen LogP contribution is -2.70. The molecule has 0 N–H and O–H groups in total. The normalized spacial score (nSPS) is 24.0. The van der Waals surface area contributed by atoms with Gasteiger partial charge in [0.2, 0.25) is 5.91 Å². The summed E-state index contributed by atoms with van der Waals surface area (Å²) in [6.07, 6.45) is 2.85. The second kappa shape index (κ2) is 7.87. The molecule has 5 heterocycles. The molecule has 2 bridgehead atoms. The molecule has 4 aliphatic rings. The van der Waals surface area contributed by atoms with Crippen LogP contribution in [0.1, 0.15) is 17.7 Å². The largest absolute Gasteiger partial charge is 0.368 e. The van der Waals surface area contributed by atoms with Crippen LogP contribution in [0.15, 0.2) is 36.7 Å². The van der Waals surface area contributed by atoms with E-state index in [2.05, 4.69) is 55.9 Å². The van der Waals surface area contributed by atoms with Gasteiger partial charge in [-0.15, -0.1) is 0 Å². The quantitative estimate of drug-likeness (QED) is 0.771. The van der Waals surface area contributed by atoms with E-state index in [-0.39, 0.29) is 5.91 Å². The molecule has 158 valence electrons. The fourth-order valence-corrected chi connectivity index (χ4v) is 5.07. The molecule has 7 heteroatoms. The Labute approximate surface area is 178 Å². The highest BCUT2D eigenvalue weighted by Gasteiger charge is 2.46. The van der Waals surface area contributed by atoms with E-state index in [0.717, 1.165) is 56.3 Å². The first-order valence-electron chi connectivity index (χ1n) is 11.0. The standard InChI is InChI=1S/C23H30N6O/c1-17-18(2)24-16-25-23(17)28-13-20-12-21(14-28)29(20)15-22(30)27-10-8-26(9-11-27)19-6-4-3-5-7-19/h3-7,16,20-21H,8-15H2,1-2H3. The minimum absolute atomic E-state index is 0.278. The van der Waals surface area contributed by atoms with Gasteiger partial charge in [0.15, 0.2) is 0 Å². The maximum Gasteiger partial charge on any atom is 0.236 e. The molecule has 0 spiro atoms. The molecule has 4 aliphatic heterocycles. The maximum absolute atomic E-state index is 13.0. The van der Waals surface area contributed by atoms with Crippen molar-refractivity contribution in [2.75, 3.05) is 55.6 Å². The number of hydrogen-bond acceptors (Lipinski definition) is 6. The van der Waals surface area contributed by atoms with Crippen LogP contribution in [0.25, 0.3) is 0 Å². The molecule has 2 aromatic rings. The monoisotopic (exact) mass is 406 g/mol. The van der Waals surface area contributed by atoms with Crippen molar-refractivity contribution >= 4 is 17.4 Å². The van der Waals surface area contributed by atoms with E-state index >= 15 is 0 Å². The number of amides is 1. The van der Waals surface area contributed by atoms with Gasteiger partial charge < -0.3 is 14.7 Å². The van der Waals surface area contributed by atoms with E-state index in [1.165, 1.54) is 12.1 Å². The van der Waals surface area contributed by atoms with Crippen molar-refractivity contribution in [2.45, 2.75) is 32.4 Å². The summed E-state index contributed by atoms with van der Waals surface area (Å²) in [5.74, 6) is 1.33. The molecule has 7 nitrogen and oxygen atoms in total. The van der Waals surface area contributed by atoms with Crippen molar-refractivity contribution in [1.29, 1.82) is 0 Å². The third-order valence-electron chi connectivity index (χ3n) is 7.03. The van der Waals surface area contributed by atoms with Crippen LogP contribution >= 0.6 is 0 Å². The number of aromatic nitrogens is 2. The van der Waals surface area contributed by atoms with Gasteiger partial charge in [-0.1, -0.05) is 18.2 Å². The minimum atomic E-state index is 0.278. The topological polar surface area (TPSA) is 55.8 Å². The van der Waals surface area contributed by atoms with Gasteiger partial charge >= 0.3 is 0 Å². The summed E-state index contributed by atoms with van der Waals surface area (Å²) in [6, 6.07) is 11.4. The molecule has 0 aliphatic carbocycles. The molecule has 2 unspecified atom stereocenters. The van der Waals surface area contributed by atoms with Crippen LogP contribution in [-0.2, 0) is 4.79 Å². The number of hydrogen-bond donors (Lipinski definition) is 0. The fourth-order valence-electron chi connectivity index (χ4n) is 5.07.